The zero-order chi connectivity index (χ0) is 14.5. The SMILES string of the molecule is O=C(Cn1cc(C(=O)O)nn1)NCc1cccc(F)c1. The van der Waals surface area contributed by atoms with E-state index in [1.54, 1.807) is 12.1 Å². The Morgan fingerprint density at radius 3 is 2.85 bits per heavy atom. The van der Waals surface area contributed by atoms with Crippen LogP contribution in [-0.4, -0.2) is 32.0 Å². The van der Waals surface area contributed by atoms with E-state index in [0.29, 0.717) is 5.56 Å². The first kappa shape index (κ1) is 13.7. The maximum absolute atomic E-state index is 12.9. The monoisotopic (exact) mass is 278 g/mol. The van der Waals surface area contributed by atoms with Crippen molar-refractivity contribution in [2.75, 3.05) is 0 Å². The minimum Gasteiger partial charge on any atom is -0.476 e. The molecule has 1 heterocycles. The van der Waals surface area contributed by atoms with Crippen molar-refractivity contribution < 1.29 is 19.1 Å². The Balaban J connectivity index is 1.87. The van der Waals surface area contributed by atoms with E-state index in [1.165, 1.54) is 12.1 Å². The van der Waals surface area contributed by atoms with Crippen molar-refractivity contribution >= 4 is 11.9 Å². The van der Waals surface area contributed by atoms with E-state index < -0.39 is 5.97 Å². The molecule has 8 heteroatoms. The normalized spacial score (nSPS) is 10.2. The Hall–Kier alpha value is -2.77. The number of hydrogen-bond donors (Lipinski definition) is 2. The summed E-state index contributed by atoms with van der Waals surface area (Å²) in [6.45, 7) is 0.0205. The largest absolute Gasteiger partial charge is 0.476 e. The van der Waals surface area contributed by atoms with Crippen LogP contribution in [0, 0.1) is 5.82 Å². The fraction of sp³-hybridized carbons (Fsp3) is 0.167. The van der Waals surface area contributed by atoms with Crippen LogP contribution in [-0.2, 0) is 17.9 Å². The van der Waals surface area contributed by atoms with Gasteiger partial charge in [-0.25, -0.2) is 13.9 Å². The Morgan fingerprint density at radius 1 is 1.40 bits per heavy atom. The van der Waals surface area contributed by atoms with Gasteiger partial charge in [-0.3, -0.25) is 4.79 Å². The molecule has 104 valence electrons. The average molecular weight is 278 g/mol. The zero-order valence-electron chi connectivity index (χ0n) is 10.3. The highest BCUT2D eigenvalue weighted by Crippen LogP contribution is 2.02. The molecule has 0 radical (unpaired) electrons. The molecule has 2 aromatic rings. The summed E-state index contributed by atoms with van der Waals surface area (Å²) in [5, 5.41) is 18.1. The van der Waals surface area contributed by atoms with Gasteiger partial charge >= 0.3 is 5.97 Å². The minimum atomic E-state index is -1.21. The molecule has 0 fully saturated rings. The van der Waals surface area contributed by atoms with E-state index in [1.807, 2.05) is 0 Å². The second-order valence-electron chi connectivity index (χ2n) is 4.01. The Bertz CT molecular complexity index is 641. The van der Waals surface area contributed by atoms with Crippen LogP contribution in [0.5, 0.6) is 0 Å². The van der Waals surface area contributed by atoms with Gasteiger partial charge in [0.15, 0.2) is 5.69 Å². The van der Waals surface area contributed by atoms with Gasteiger partial charge in [0.1, 0.15) is 12.4 Å². The molecule has 20 heavy (non-hydrogen) atoms. The number of carboxylic acid groups (broad SMARTS) is 1. The molecule has 0 unspecified atom stereocenters. The van der Waals surface area contributed by atoms with E-state index >= 15 is 0 Å². The van der Waals surface area contributed by atoms with Crippen molar-refractivity contribution in [3.05, 3.63) is 47.5 Å². The second kappa shape index (κ2) is 5.91. The van der Waals surface area contributed by atoms with Crippen molar-refractivity contribution in [2.45, 2.75) is 13.1 Å². The molecule has 0 saturated heterocycles. The second-order valence-corrected chi connectivity index (χ2v) is 4.01. The van der Waals surface area contributed by atoms with Crippen LogP contribution < -0.4 is 5.32 Å². The van der Waals surface area contributed by atoms with Gasteiger partial charge in [0, 0.05) is 6.54 Å². The first-order valence-electron chi connectivity index (χ1n) is 5.69. The van der Waals surface area contributed by atoms with E-state index in [4.69, 9.17) is 5.11 Å². The summed E-state index contributed by atoms with van der Waals surface area (Å²) in [5.41, 5.74) is 0.395. The van der Waals surface area contributed by atoms with Gasteiger partial charge in [-0.05, 0) is 17.7 Å². The number of halogens is 1. The van der Waals surface area contributed by atoms with Crippen LogP contribution in [0.2, 0.25) is 0 Å². The van der Waals surface area contributed by atoms with Gasteiger partial charge < -0.3 is 10.4 Å². The molecule has 2 N–H and O–H groups in total. The lowest BCUT2D eigenvalue weighted by Gasteiger charge is -2.05. The summed E-state index contributed by atoms with van der Waals surface area (Å²) >= 11 is 0. The molecule has 0 aliphatic rings. The number of rotatable bonds is 5. The van der Waals surface area contributed by atoms with Crippen LogP contribution in [0.15, 0.2) is 30.5 Å². The topological polar surface area (TPSA) is 97.1 Å². The maximum Gasteiger partial charge on any atom is 0.358 e. The molecular formula is C12H11FN4O3. The third kappa shape index (κ3) is 3.61. The lowest BCUT2D eigenvalue weighted by atomic mass is 10.2. The van der Waals surface area contributed by atoms with Gasteiger partial charge in [0.25, 0.3) is 0 Å². The van der Waals surface area contributed by atoms with Gasteiger partial charge in [-0.15, -0.1) is 5.10 Å². The third-order valence-corrected chi connectivity index (χ3v) is 2.44. The molecule has 1 aromatic heterocycles. The van der Waals surface area contributed by atoms with Gasteiger partial charge in [0.2, 0.25) is 5.91 Å². The van der Waals surface area contributed by atoms with Crippen molar-refractivity contribution in [2.24, 2.45) is 0 Å². The molecule has 0 atom stereocenters. The molecule has 1 aromatic carbocycles. The van der Waals surface area contributed by atoms with Crippen molar-refractivity contribution in [1.82, 2.24) is 20.3 Å². The molecule has 0 saturated carbocycles. The standard InChI is InChI=1S/C12H11FN4O3/c13-9-3-1-2-8(4-9)5-14-11(18)7-17-6-10(12(19)20)15-16-17/h1-4,6H,5,7H2,(H,14,18)(H,19,20). The minimum absolute atomic E-state index is 0.157. The molecule has 0 bridgehead atoms. The number of nitrogens with zero attached hydrogens (tertiary/aromatic N) is 3. The zero-order valence-corrected chi connectivity index (χ0v) is 10.3. The number of hydrogen-bond acceptors (Lipinski definition) is 4. The molecule has 2 rings (SSSR count). The number of carbonyl (C=O) groups excluding carboxylic acids is 1. The summed E-state index contributed by atoms with van der Waals surface area (Å²) in [6, 6.07) is 5.86. The fourth-order valence-corrected chi connectivity index (χ4v) is 1.52. The summed E-state index contributed by atoms with van der Waals surface area (Å²) in [5.74, 6) is -1.97. The quantitative estimate of drug-likeness (QED) is 0.826. The molecular weight excluding hydrogens is 267 g/mol. The van der Waals surface area contributed by atoms with Gasteiger partial charge in [-0.2, -0.15) is 0 Å². The third-order valence-electron chi connectivity index (χ3n) is 2.44. The lowest BCUT2D eigenvalue weighted by Crippen LogP contribution is -2.27. The number of aromatic carboxylic acids is 1. The van der Waals surface area contributed by atoms with E-state index in [-0.39, 0.29) is 30.5 Å². The number of nitrogens with one attached hydrogen (secondary N) is 1. The number of carbonyl (C=O) groups is 2. The van der Waals surface area contributed by atoms with Gasteiger partial charge in [-0.1, -0.05) is 17.3 Å². The van der Waals surface area contributed by atoms with Crippen LogP contribution in [0.1, 0.15) is 16.1 Å². The highest BCUT2D eigenvalue weighted by molar-refractivity contribution is 5.84. The van der Waals surface area contributed by atoms with E-state index in [0.717, 1.165) is 10.9 Å². The number of carboxylic acids is 1. The smallest absolute Gasteiger partial charge is 0.358 e. The summed E-state index contributed by atoms with van der Waals surface area (Å²) in [4.78, 5) is 22.2. The lowest BCUT2D eigenvalue weighted by molar-refractivity contribution is -0.122. The number of amides is 1. The summed E-state index contributed by atoms with van der Waals surface area (Å²) in [7, 11) is 0. The number of aromatic nitrogens is 3. The molecule has 0 aliphatic carbocycles. The van der Waals surface area contributed by atoms with Crippen molar-refractivity contribution in [3.63, 3.8) is 0 Å². The highest BCUT2D eigenvalue weighted by Gasteiger charge is 2.10. The highest BCUT2D eigenvalue weighted by atomic mass is 19.1. The Morgan fingerprint density at radius 2 is 2.20 bits per heavy atom. The van der Waals surface area contributed by atoms with Crippen LogP contribution in [0.4, 0.5) is 4.39 Å². The molecule has 0 spiro atoms. The first-order chi connectivity index (χ1) is 9.54. The van der Waals surface area contributed by atoms with Gasteiger partial charge in [0.05, 0.1) is 6.20 Å². The van der Waals surface area contributed by atoms with Crippen molar-refractivity contribution in [1.29, 1.82) is 0 Å². The molecule has 7 nitrogen and oxygen atoms in total. The summed E-state index contributed by atoms with van der Waals surface area (Å²) < 4.78 is 14.0. The maximum atomic E-state index is 12.9. The average Bonchev–Trinajstić information content (AvgIpc) is 2.85. The molecule has 0 aliphatic heterocycles. The first-order valence-corrected chi connectivity index (χ1v) is 5.69. The van der Waals surface area contributed by atoms with E-state index in [9.17, 15) is 14.0 Å². The van der Waals surface area contributed by atoms with Crippen LogP contribution in [0.25, 0.3) is 0 Å². The Kier molecular flexibility index (Phi) is 4.04. The van der Waals surface area contributed by atoms with Crippen LogP contribution in [0.3, 0.4) is 0 Å². The van der Waals surface area contributed by atoms with E-state index in [2.05, 4.69) is 15.6 Å². The predicted octanol–water partition coefficient (Wildman–Crippen LogP) is 0.432. The number of benzene rings is 1. The van der Waals surface area contributed by atoms with Crippen molar-refractivity contribution in [3.8, 4) is 0 Å². The van der Waals surface area contributed by atoms with Crippen LogP contribution >= 0.6 is 0 Å². The predicted molar refractivity (Wildman–Crippen MR) is 65.2 cm³/mol. The molecule has 1 amide bonds. The fourth-order valence-electron chi connectivity index (χ4n) is 1.52. The summed E-state index contributed by atoms with van der Waals surface area (Å²) in [6.07, 6.45) is 1.16. The Labute approximate surface area is 113 Å².